The van der Waals surface area contributed by atoms with E-state index in [0.29, 0.717) is 53.8 Å². The van der Waals surface area contributed by atoms with Gasteiger partial charge in [-0.3, -0.25) is 4.98 Å². The molecule has 2 aliphatic heterocycles. The Labute approximate surface area is 161 Å². The van der Waals surface area contributed by atoms with Crippen LogP contribution in [0.15, 0.2) is 35.6 Å². The van der Waals surface area contributed by atoms with E-state index < -0.39 is 11.4 Å². The molecule has 6 nitrogen and oxygen atoms in total. The van der Waals surface area contributed by atoms with E-state index in [-0.39, 0.29) is 11.9 Å². The van der Waals surface area contributed by atoms with E-state index in [1.165, 1.54) is 18.5 Å². The fourth-order valence-corrected chi connectivity index (χ4v) is 3.49. The molecule has 4 rings (SSSR count). The lowest BCUT2D eigenvalue weighted by molar-refractivity contribution is -0.0974. The van der Waals surface area contributed by atoms with E-state index in [1.54, 1.807) is 12.1 Å². The summed E-state index contributed by atoms with van der Waals surface area (Å²) in [7, 11) is 0. The molecule has 27 heavy (non-hydrogen) atoms. The molecule has 142 valence electrons. The quantitative estimate of drug-likeness (QED) is 0.802. The van der Waals surface area contributed by atoms with E-state index in [2.05, 4.69) is 9.98 Å². The molecule has 2 aliphatic rings. The number of aliphatic imine (C=N–C) groups is 1. The zero-order valence-electron chi connectivity index (χ0n) is 14.7. The number of amidine groups is 1. The Morgan fingerprint density at radius 3 is 2.93 bits per heavy atom. The molecule has 2 aromatic rings. The topological polar surface area (TPSA) is 79.0 Å². The second kappa shape index (κ2) is 6.98. The first-order valence-corrected chi connectivity index (χ1v) is 9.00. The number of benzene rings is 1. The summed E-state index contributed by atoms with van der Waals surface area (Å²) in [6.07, 6.45) is 3.67. The van der Waals surface area contributed by atoms with Gasteiger partial charge in [0.1, 0.15) is 29.5 Å². The molecule has 0 radical (unpaired) electrons. The predicted molar refractivity (Wildman–Crippen MR) is 99.8 cm³/mol. The molecule has 3 heterocycles. The summed E-state index contributed by atoms with van der Waals surface area (Å²) in [5.74, 6) is -0.195. The molecule has 0 spiro atoms. The number of aromatic nitrogens is 1. The van der Waals surface area contributed by atoms with Gasteiger partial charge in [-0.05, 0) is 19.1 Å². The maximum absolute atomic E-state index is 14.9. The van der Waals surface area contributed by atoms with Crippen LogP contribution < -0.4 is 10.5 Å². The van der Waals surface area contributed by atoms with Crippen molar-refractivity contribution in [2.24, 2.45) is 16.6 Å². The van der Waals surface area contributed by atoms with Crippen molar-refractivity contribution in [2.75, 3.05) is 19.8 Å². The molecular weight excluding hydrogens is 373 g/mol. The lowest BCUT2D eigenvalue weighted by Crippen LogP contribution is -2.49. The molecule has 2 unspecified atom stereocenters. The summed E-state index contributed by atoms with van der Waals surface area (Å²) in [4.78, 5) is 8.30. The summed E-state index contributed by atoms with van der Waals surface area (Å²) in [5.41, 5.74) is 6.56. The van der Waals surface area contributed by atoms with Crippen LogP contribution in [0.5, 0.6) is 5.75 Å². The highest BCUT2D eigenvalue weighted by molar-refractivity contribution is 6.30. The van der Waals surface area contributed by atoms with Crippen molar-refractivity contribution < 1.29 is 18.6 Å². The van der Waals surface area contributed by atoms with E-state index >= 15 is 0 Å². The van der Waals surface area contributed by atoms with E-state index in [9.17, 15) is 4.39 Å². The Bertz CT molecular complexity index is 908. The second-order valence-electron chi connectivity index (χ2n) is 6.89. The number of fused-ring (bicyclic) bond motifs is 2. The fraction of sp³-hybridized carbons (Fsp3) is 0.368. The summed E-state index contributed by atoms with van der Waals surface area (Å²) in [5, 5.41) is 0.413. The smallest absolute Gasteiger partial charge is 0.287 e. The predicted octanol–water partition coefficient (Wildman–Crippen LogP) is 3.69. The molecule has 2 N–H and O–H groups in total. The number of nitrogens with zero attached hydrogens (tertiary/aromatic N) is 2. The van der Waals surface area contributed by atoms with Crippen LogP contribution in [0.1, 0.15) is 13.3 Å². The number of pyridine rings is 1. The Morgan fingerprint density at radius 1 is 1.26 bits per heavy atom. The summed E-state index contributed by atoms with van der Waals surface area (Å²) < 4.78 is 32.3. The first kappa shape index (κ1) is 18.0. The number of nitrogens with two attached hydrogens (primary N) is 1. The highest BCUT2D eigenvalue weighted by atomic mass is 35.5. The van der Waals surface area contributed by atoms with Crippen LogP contribution in [0.4, 0.5) is 10.1 Å². The normalized spacial score (nSPS) is 24.9. The molecule has 0 bridgehead atoms. The van der Waals surface area contributed by atoms with E-state index in [0.717, 1.165) is 0 Å². The molecular formula is C19H19ClFN3O3. The Kier molecular flexibility index (Phi) is 4.65. The van der Waals surface area contributed by atoms with Crippen molar-refractivity contribution in [3.63, 3.8) is 0 Å². The highest BCUT2D eigenvalue weighted by Crippen LogP contribution is 2.41. The maximum atomic E-state index is 14.9. The number of halogens is 2. The average molecular weight is 392 g/mol. The molecule has 0 aliphatic carbocycles. The monoisotopic (exact) mass is 391 g/mol. The molecule has 1 aromatic heterocycles. The summed E-state index contributed by atoms with van der Waals surface area (Å²) in [6, 6.07) is 4.52. The second-order valence-corrected chi connectivity index (χ2v) is 7.33. The van der Waals surface area contributed by atoms with Crippen molar-refractivity contribution in [1.29, 1.82) is 0 Å². The van der Waals surface area contributed by atoms with Crippen molar-refractivity contribution in [1.82, 2.24) is 4.98 Å². The van der Waals surface area contributed by atoms with Gasteiger partial charge in [-0.25, -0.2) is 4.39 Å². The van der Waals surface area contributed by atoms with Crippen LogP contribution >= 0.6 is 11.6 Å². The van der Waals surface area contributed by atoms with Crippen LogP contribution in [0.2, 0.25) is 5.02 Å². The van der Waals surface area contributed by atoms with Gasteiger partial charge in [0.2, 0.25) is 0 Å². The lowest BCUT2D eigenvalue weighted by atomic mass is 9.85. The van der Waals surface area contributed by atoms with Gasteiger partial charge < -0.3 is 19.9 Å². The SMILES string of the molecule is CC12CCOCC1COC(N)=Nc1cc(-c3cncc(Cl)c3)c(F)cc1O2. The minimum absolute atomic E-state index is 0.00329. The average Bonchev–Trinajstić information content (AvgIpc) is 2.67. The molecule has 8 heteroatoms. The van der Waals surface area contributed by atoms with E-state index in [4.69, 9.17) is 31.5 Å². The highest BCUT2D eigenvalue weighted by Gasteiger charge is 2.41. The van der Waals surface area contributed by atoms with Gasteiger partial charge >= 0.3 is 0 Å². The Hall–Kier alpha value is -2.38. The van der Waals surface area contributed by atoms with Gasteiger partial charge in [-0.15, -0.1) is 0 Å². The Balaban J connectivity index is 1.82. The third-order valence-corrected chi connectivity index (χ3v) is 5.20. The lowest BCUT2D eigenvalue weighted by Gasteiger charge is -2.40. The number of hydrogen-bond donors (Lipinski definition) is 1. The number of hydrogen-bond acceptors (Lipinski definition) is 6. The number of rotatable bonds is 1. The third kappa shape index (κ3) is 3.57. The Morgan fingerprint density at radius 2 is 2.11 bits per heavy atom. The van der Waals surface area contributed by atoms with Gasteiger partial charge in [0.05, 0.1) is 24.2 Å². The molecule has 1 fully saturated rings. The number of ether oxygens (including phenoxy) is 3. The van der Waals surface area contributed by atoms with Crippen LogP contribution in [0, 0.1) is 11.7 Å². The van der Waals surface area contributed by atoms with Gasteiger partial charge in [0.25, 0.3) is 6.02 Å². The van der Waals surface area contributed by atoms with Crippen molar-refractivity contribution in [3.05, 3.63) is 41.4 Å². The first-order valence-electron chi connectivity index (χ1n) is 8.63. The minimum Gasteiger partial charge on any atom is -0.485 e. The van der Waals surface area contributed by atoms with Crippen LogP contribution in [-0.2, 0) is 9.47 Å². The molecule has 1 aromatic carbocycles. The van der Waals surface area contributed by atoms with Gasteiger partial charge in [-0.1, -0.05) is 11.6 Å². The van der Waals surface area contributed by atoms with Crippen molar-refractivity contribution >= 4 is 23.3 Å². The fourth-order valence-electron chi connectivity index (χ4n) is 3.32. The summed E-state index contributed by atoms with van der Waals surface area (Å²) in [6.45, 7) is 3.33. The zero-order valence-corrected chi connectivity index (χ0v) is 15.5. The van der Waals surface area contributed by atoms with Crippen LogP contribution in [0.25, 0.3) is 11.1 Å². The van der Waals surface area contributed by atoms with Crippen LogP contribution in [0.3, 0.4) is 0 Å². The minimum atomic E-state index is -0.571. The molecule has 0 amide bonds. The van der Waals surface area contributed by atoms with E-state index in [1.807, 2.05) is 6.92 Å². The molecule has 1 saturated heterocycles. The summed E-state index contributed by atoms with van der Waals surface area (Å²) >= 11 is 5.99. The molecule has 0 saturated carbocycles. The standard InChI is InChI=1S/C19H19ClFN3O3/c1-19-2-3-25-9-12(19)10-26-18(22)24-16-5-14(15(21)6-17(16)27-19)11-4-13(20)8-23-7-11/h4-8,12H,2-3,9-10H2,1H3,(H2,22,24). The van der Waals surface area contributed by atoms with Gasteiger partial charge in [0.15, 0.2) is 0 Å². The van der Waals surface area contributed by atoms with Crippen LogP contribution in [-0.4, -0.2) is 36.4 Å². The van der Waals surface area contributed by atoms with Crippen molar-refractivity contribution in [3.8, 4) is 16.9 Å². The van der Waals surface area contributed by atoms with Gasteiger partial charge in [-0.2, -0.15) is 4.99 Å². The largest absolute Gasteiger partial charge is 0.485 e. The third-order valence-electron chi connectivity index (χ3n) is 5.00. The first-order chi connectivity index (χ1) is 12.9. The molecule has 2 atom stereocenters. The van der Waals surface area contributed by atoms with Gasteiger partial charge in [0, 0.05) is 36.0 Å². The maximum Gasteiger partial charge on any atom is 0.287 e. The van der Waals surface area contributed by atoms with Crippen molar-refractivity contribution in [2.45, 2.75) is 18.9 Å². The zero-order chi connectivity index (χ0) is 19.0.